The Kier molecular flexibility index (Phi) is 5.67. The highest BCUT2D eigenvalue weighted by Crippen LogP contribution is 2.17. The first-order valence-electron chi connectivity index (χ1n) is 8.48. The number of aryl methyl sites for hydroxylation is 2. The molecule has 0 spiro atoms. The zero-order valence-electron chi connectivity index (χ0n) is 14.0. The van der Waals surface area contributed by atoms with E-state index in [0.29, 0.717) is 12.0 Å². The minimum absolute atomic E-state index is 0.390. The monoisotopic (exact) mass is 332 g/mol. The molecule has 5 nitrogen and oxygen atoms in total. The first kappa shape index (κ1) is 16.5. The molecule has 124 valence electrons. The van der Waals surface area contributed by atoms with Gasteiger partial charge in [-0.1, -0.05) is 44.2 Å². The Balaban J connectivity index is 1.74. The Labute approximate surface area is 142 Å². The first-order valence-corrected chi connectivity index (χ1v) is 9.63. The fraction of sp³-hybridized carbons (Fsp3) is 0.588. The second-order valence-electron chi connectivity index (χ2n) is 6.49. The van der Waals surface area contributed by atoms with Crippen LogP contribution >= 0.6 is 11.8 Å². The molecular weight excluding hydrogens is 306 g/mol. The van der Waals surface area contributed by atoms with Crippen molar-refractivity contribution in [1.29, 1.82) is 0 Å². The van der Waals surface area contributed by atoms with Crippen molar-refractivity contribution in [3.8, 4) is 0 Å². The molecule has 3 rings (SSSR count). The largest absolute Gasteiger partial charge is 0.325 e. The molecule has 2 aromatic rings. The molecule has 0 saturated carbocycles. The molecule has 1 aliphatic rings. The van der Waals surface area contributed by atoms with Gasteiger partial charge >= 0.3 is 0 Å². The van der Waals surface area contributed by atoms with Crippen LogP contribution in [0.2, 0.25) is 0 Å². The highest BCUT2D eigenvalue weighted by atomic mass is 32.2. The van der Waals surface area contributed by atoms with Crippen LogP contribution in [0.3, 0.4) is 0 Å². The molecule has 0 radical (unpaired) electrons. The molecule has 6 heteroatoms. The number of quaternary nitrogens is 1. The van der Waals surface area contributed by atoms with Crippen LogP contribution in [0.5, 0.6) is 0 Å². The van der Waals surface area contributed by atoms with Crippen molar-refractivity contribution in [2.24, 2.45) is 5.92 Å². The van der Waals surface area contributed by atoms with Crippen LogP contribution in [0, 0.1) is 5.92 Å². The highest BCUT2D eigenvalue weighted by Gasteiger charge is 2.33. The van der Waals surface area contributed by atoms with Crippen LogP contribution in [0.4, 0.5) is 0 Å². The molecule has 0 aliphatic carbocycles. The topological polar surface area (TPSA) is 48.0 Å². The summed E-state index contributed by atoms with van der Waals surface area (Å²) in [5, 5.41) is 12.6. The molecule has 0 unspecified atom stereocenters. The van der Waals surface area contributed by atoms with Gasteiger partial charge in [-0.3, -0.25) is 0 Å². The number of aromatic nitrogens is 4. The number of nitrogens with one attached hydrogen (secondary N) is 1. The SMILES string of the molecule is CC(C)[C@@H](c1nnnn1CCc1ccccc1)[NH+]1CCSCC1. The molecule has 1 N–H and O–H groups in total. The smallest absolute Gasteiger partial charge is 0.209 e. The van der Waals surface area contributed by atoms with Gasteiger partial charge in [0.15, 0.2) is 6.04 Å². The summed E-state index contributed by atoms with van der Waals surface area (Å²) < 4.78 is 2.02. The summed E-state index contributed by atoms with van der Waals surface area (Å²) in [6.07, 6.45) is 0.967. The maximum Gasteiger partial charge on any atom is 0.209 e. The van der Waals surface area contributed by atoms with Gasteiger partial charge < -0.3 is 4.90 Å². The zero-order valence-corrected chi connectivity index (χ0v) is 14.8. The predicted molar refractivity (Wildman–Crippen MR) is 93.6 cm³/mol. The van der Waals surface area contributed by atoms with Gasteiger partial charge in [0, 0.05) is 24.0 Å². The van der Waals surface area contributed by atoms with Crippen LogP contribution in [-0.2, 0) is 13.0 Å². The quantitative estimate of drug-likeness (QED) is 0.865. The van der Waals surface area contributed by atoms with Gasteiger partial charge in [-0.2, -0.15) is 11.8 Å². The van der Waals surface area contributed by atoms with Crippen molar-refractivity contribution in [2.75, 3.05) is 24.6 Å². The minimum atomic E-state index is 0.390. The van der Waals surface area contributed by atoms with Crippen LogP contribution < -0.4 is 4.90 Å². The second kappa shape index (κ2) is 7.93. The molecule has 1 aliphatic heterocycles. The van der Waals surface area contributed by atoms with E-state index in [1.807, 2.05) is 4.68 Å². The predicted octanol–water partition coefficient (Wildman–Crippen LogP) is 1.24. The van der Waals surface area contributed by atoms with Gasteiger partial charge in [0.25, 0.3) is 0 Å². The maximum absolute atomic E-state index is 4.40. The fourth-order valence-corrected chi connectivity index (χ4v) is 4.39. The molecule has 1 aromatic carbocycles. The number of tetrazole rings is 1. The average molecular weight is 332 g/mol. The summed E-state index contributed by atoms with van der Waals surface area (Å²) in [4.78, 5) is 1.63. The van der Waals surface area contributed by atoms with Crippen molar-refractivity contribution >= 4 is 11.8 Å². The first-order chi connectivity index (χ1) is 11.3. The van der Waals surface area contributed by atoms with Crippen molar-refractivity contribution in [3.05, 3.63) is 41.7 Å². The van der Waals surface area contributed by atoms with Crippen molar-refractivity contribution < 1.29 is 4.90 Å². The van der Waals surface area contributed by atoms with E-state index in [1.54, 1.807) is 4.90 Å². The Morgan fingerprint density at radius 3 is 2.61 bits per heavy atom. The minimum Gasteiger partial charge on any atom is -0.325 e. The Bertz CT molecular complexity index is 592. The van der Waals surface area contributed by atoms with E-state index in [4.69, 9.17) is 0 Å². The van der Waals surface area contributed by atoms with Gasteiger partial charge in [-0.15, -0.1) is 5.10 Å². The van der Waals surface area contributed by atoms with Crippen LogP contribution in [0.15, 0.2) is 30.3 Å². The molecule has 23 heavy (non-hydrogen) atoms. The second-order valence-corrected chi connectivity index (χ2v) is 7.71. The molecule has 0 amide bonds. The van der Waals surface area contributed by atoms with Crippen molar-refractivity contribution in [2.45, 2.75) is 32.9 Å². The number of rotatable bonds is 6. The molecule has 1 fully saturated rings. The third-order valence-electron chi connectivity index (χ3n) is 4.53. The highest BCUT2D eigenvalue weighted by molar-refractivity contribution is 7.99. The molecule has 2 heterocycles. The number of hydrogen-bond donors (Lipinski definition) is 1. The van der Waals surface area contributed by atoms with Gasteiger partial charge in [0.05, 0.1) is 13.1 Å². The molecule has 1 saturated heterocycles. The van der Waals surface area contributed by atoms with E-state index >= 15 is 0 Å². The summed E-state index contributed by atoms with van der Waals surface area (Å²) in [6, 6.07) is 10.9. The third-order valence-corrected chi connectivity index (χ3v) is 5.52. The molecular formula is C17H26N5S+. The van der Waals surface area contributed by atoms with Gasteiger partial charge in [-0.25, -0.2) is 4.68 Å². The van der Waals surface area contributed by atoms with Crippen LogP contribution in [0.25, 0.3) is 0 Å². The number of thioether (sulfide) groups is 1. The lowest BCUT2D eigenvalue weighted by Gasteiger charge is -2.32. The Morgan fingerprint density at radius 1 is 1.17 bits per heavy atom. The fourth-order valence-electron chi connectivity index (χ4n) is 3.37. The number of nitrogens with zero attached hydrogens (tertiary/aromatic N) is 4. The molecule has 1 atom stereocenters. The van der Waals surface area contributed by atoms with Gasteiger partial charge in [0.1, 0.15) is 0 Å². The van der Waals surface area contributed by atoms with E-state index in [2.05, 4.69) is 71.5 Å². The van der Waals surface area contributed by atoms with Crippen molar-refractivity contribution in [3.63, 3.8) is 0 Å². The summed E-state index contributed by atoms with van der Waals surface area (Å²) in [7, 11) is 0. The lowest BCUT2D eigenvalue weighted by molar-refractivity contribution is -0.933. The van der Waals surface area contributed by atoms with Crippen LogP contribution in [-0.4, -0.2) is 44.8 Å². The van der Waals surface area contributed by atoms with Crippen molar-refractivity contribution in [1.82, 2.24) is 20.2 Å². The zero-order chi connectivity index (χ0) is 16.1. The van der Waals surface area contributed by atoms with Gasteiger partial charge in [0.2, 0.25) is 5.82 Å². The summed E-state index contributed by atoms with van der Waals surface area (Å²) >= 11 is 2.06. The van der Waals surface area contributed by atoms with E-state index in [1.165, 1.54) is 30.2 Å². The number of hydrogen-bond acceptors (Lipinski definition) is 4. The van der Waals surface area contributed by atoms with E-state index < -0.39 is 0 Å². The maximum atomic E-state index is 4.40. The average Bonchev–Trinajstić information content (AvgIpc) is 3.03. The standard InChI is InChI=1S/C17H25N5S/c1-14(2)16(21-10-12-23-13-11-21)17-18-19-20-22(17)9-8-15-6-4-3-5-7-15/h3-7,14,16H,8-13H2,1-2H3/p+1/t16-/m0/s1. The molecule has 0 bridgehead atoms. The Morgan fingerprint density at radius 2 is 1.91 bits per heavy atom. The van der Waals surface area contributed by atoms with E-state index in [0.717, 1.165) is 18.8 Å². The Hall–Kier alpha value is -1.40. The van der Waals surface area contributed by atoms with E-state index in [9.17, 15) is 0 Å². The lowest BCUT2D eigenvalue weighted by Crippen LogP contribution is -3.14. The lowest BCUT2D eigenvalue weighted by atomic mass is 10.0. The summed E-state index contributed by atoms with van der Waals surface area (Å²) in [6.45, 7) is 7.83. The summed E-state index contributed by atoms with van der Waals surface area (Å²) in [5.41, 5.74) is 1.33. The number of benzene rings is 1. The third kappa shape index (κ3) is 4.12. The van der Waals surface area contributed by atoms with E-state index in [-0.39, 0.29) is 0 Å². The molecule has 1 aromatic heterocycles. The van der Waals surface area contributed by atoms with Crippen LogP contribution in [0.1, 0.15) is 31.3 Å². The summed E-state index contributed by atoms with van der Waals surface area (Å²) in [5.74, 6) is 4.07. The normalized spacial score (nSPS) is 17.5. The van der Waals surface area contributed by atoms with Gasteiger partial charge in [-0.05, 0) is 22.4 Å².